The maximum atomic E-state index is 12.9. The molecule has 4 nitrogen and oxygen atoms in total. The van der Waals surface area contributed by atoms with Crippen LogP contribution in [0.1, 0.15) is 55.8 Å². The minimum absolute atomic E-state index is 0.137. The van der Waals surface area contributed by atoms with Gasteiger partial charge >= 0.3 is 0 Å². The molecule has 0 N–H and O–H groups in total. The third-order valence-electron chi connectivity index (χ3n) is 5.58. The van der Waals surface area contributed by atoms with Crippen LogP contribution in [-0.2, 0) is 4.74 Å². The Morgan fingerprint density at radius 2 is 2.00 bits per heavy atom. The van der Waals surface area contributed by atoms with Crippen molar-refractivity contribution in [3.8, 4) is 5.75 Å². The van der Waals surface area contributed by atoms with E-state index >= 15 is 0 Å². The molecule has 0 aromatic heterocycles. The fourth-order valence-corrected chi connectivity index (χ4v) is 4.37. The summed E-state index contributed by atoms with van der Waals surface area (Å²) in [6.45, 7) is 4.48. The number of hydrogen-bond donors (Lipinski definition) is 0. The molecule has 1 amide bonds. The highest BCUT2D eigenvalue weighted by molar-refractivity contribution is 5.94. The molecule has 2 atom stereocenters. The van der Waals surface area contributed by atoms with E-state index in [1.807, 2.05) is 36.3 Å². The lowest BCUT2D eigenvalue weighted by atomic mass is 9.76. The van der Waals surface area contributed by atoms with Gasteiger partial charge in [0.1, 0.15) is 5.75 Å². The zero-order valence-corrected chi connectivity index (χ0v) is 14.9. The van der Waals surface area contributed by atoms with Gasteiger partial charge in [0.05, 0.1) is 12.7 Å². The van der Waals surface area contributed by atoms with Crippen molar-refractivity contribution >= 4 is 5.91 Å². The summed E-state index contributed by atoms with van der Waals surface area (Å²) >= 11 is 0. The second-order valence-electron chi connectivity index (χ2n) is 7.18. The number of benzene rings is 1. The number of likely N-dealkylation sites (tertiary alicyclic amines) is 1. The van der Waals surface area contributed by atoms with Crippen LogP contribution in [-0.4, -0.2) is 43.7 Å². The van der Waals surface area contributed by atoms with Crippen LogP contribution < -0.4 is 4.74 Å². The van der Waals surface area contributed by atoms with Crippen molar-refractivity contribution in [2.45, 2.75) is 51.6 Å². The van der Waals surface area contributed by atoms with Gasteiger partial charge in [-0.2, -0.15) is 0 Å². The molecule has 2 fully saturated rings. The van der Waals surface area contributed by atoms with Crippen molar-refractivity contribution in [1.82, 2.24) is 4.90 Å². The SMILES string of the molecule is CCCOc1ccc(C(=O)N2CCC[C@]3(CCC[C@H]3OC)C2)cc1. The predicted molar refractivity (Wildman–Crippen MR) is 94.4 cm³/mol. The number of carbonyl (C=O) groups excluding carboxylic acids is 1. The number of ether oxygens (including phenoxy) is 2. The van der Waals surface area contributed by atoms with Crippen molar-refractivity contribution in [3.63, 3.8) is 0 Å². The summed E-state index contributed by atoms with van der Waals surface area (Å²) in [5.74, 6) is 0.969. The molecule has 0 bridgehead atoms. The number of methoxy groups -OCH3 is 1. The third kappa shape index (κ3) is 3.44. The maximum absolute atomic E-state index is 12.9. The van der Waals surface area contributed by atoms with Crippen molar-refractivity contribution in [2.24, 2.45) is 5.41 Å². The zero-order valence-electron chi connectivity index (χ0n) is 14.9. The van der Waals surface area contributed by atoms with E-state index in [4.69, 9.17) is 9.47 Å². The van der Waals surface area contributed by atoms with Gasteiger partial charge in [0.15, 0.2) is 0 Å². The minimum atomic E-state index is 0.137. The Bertz CT molecular complexity index is 557. The fourth-order valence-electron chi connectivity index (χ4n) is 4.37. The summed E-state index contributed by atoms with van der Waals surface area (Å²) in [5, 5.41) is 0. The van der Waals surface area contributed by atoms with E-state index < -0.39 is 0 Å². The molecule has 0 unspecified atom stereocenters. The van der Waals surface area contributed by atoms with E-state index in [0.717, 1.165) is 43.7 Å². The second-order valence-corrected chi connectivity index (χ2v) is 7.18. The zero-order chi connectivity index (χ0) is 17.0. The normalized spacial score (nSPS) is 26.8. The van der Waals surface area contributed by atoms with Gasteiger partial charge in [-0.3, -0.25) is 4.79 Å². The maximum Gasteiger partial charge on any atom is 0.253 e. The van der Waals surface area contributed by atoms with Gasteiger partial charge in [0.25, 0.3) is 5.91 Å². The Labute approximate surface area is 145 Å². The van der Waals surface area contributed by atoms with Crippen LogP contribution in [0.5, 0.6) is 5.75 Å². The van der Waals surface area contributed by atoms with E-state index in [2.05, 4.69) is 6.92 Å². The number of nitrogens with zero attached hydrogens (tertiary/aromatic N) is 1. The largest absolute Gasteiger partial charge is 0.494 e. The van der Waals surface area contributed by atoms with Crippen molar-refractivity contribution in [3.05, 3.63) is 29.8 Å². The first-order valence-electron chi connectivity index (χ1n) is 9.23. The van der Waals surface area contributed by atoms with Crippen molar-refractivity contribution in [2.75, 3.05) is 26.8 Å². The second kappa shape index (κ2) is 7.56. The molecule has 1 saturated heterocycles. The lowest BCUT2D eigenvalue weighted by Crippen LogP contribution is -2.49. The standard InChI is InChI=1S/C20H29NO3/c1-3-14-24-17-9-7-16(8-10-17)19(22)21-13-5-12-20(15-21)11-4-6-18(20)23-2/h7-10,18H,3-6,11-15H2,1-2H3/t18-,20-/m1/s1. The highest BCUT2D eigenvalue weighted by Gasteiger charge is 2.46. The van der Waals surface area contributed by atoms with E-state index in [0.29, 0.717) is 12.7 Å². The quantitative estimate of drug-likeness (QED) is 0.821. The van der Waals surface area contributed by atoms with Gasteiger partial charge in [0.2, 0.25) is 0 Å². The predicted octanol–water partition coefficient (Wildman–Crippen LogP) is 3.90. The monoisotopic (exact) mass is 331 g/mol. The first kappa shape index (κ1) is 17.3. The van der Waals surface area contributed by atoms with Crippen LogP contribution in [0.15, 0.2) is 24.3 Å². The lowest BCUT2D eigenvalue weighted by Gasteiger charge is -2.43. The molecule has 1 aromatic rings. The highest BCUT2D eigenvalue weighted by Crippen LogP contribution is 2.46. The van der Waals surface area contributed by atoms with Gasteiger partial charge in [-0.25, -0.2) is 0 Å². The Morgan fingerprint density at radius 1 is 1.25 bits per heavy atom. The summed E-state index contributed by atoms with van der Waals surface area (Å²) in [6, 6.07) is 7.57. The molecule has 0 radical (unpaired) electrons. The number of hydrogen-bond acceptors (Lipinski definition) is 3. The van der Waals surface area contributed by atoms with Gasteiger partial charge < -0.3 is 14.4 Å². The molecule has 1 aliphatic carbocycles. The minimum Gasteiger partial charge on any atom is -0.494 e. The van der Waals surface area contributed by atoms with Crippen LogP contribution in [0.4, 0.5) is 0 Å². The third-order valence-corrected chi connectivity index (χ3v) is 5.58. The number of piperidine rings is 1. The van der Waals surface area contributed by atoms with E-state index in [1.165, 1.54) is 19.3 Å². The average molecular weight is 331 g/mol. The van der Waals surface area contributed by atoms with Crippen molar-refractivity contribution < 1.29 is 14.3 Å². The van der Waals surface area contributed by atoms with Crippen LogP contribution in [0.25, 0.3) is 0 Å². The molecular weight excluding hydrogens is 302 g/mol. The van der Waals surface area contributed by atoms with Gasteiger partial charge in [-0.1, -0.05) is 13.3 Å². The van der Waals surface area contributed by atoms with E-state index in [1.54, 1.807) is 0 Å². The summed E-state index contributed by atoms with van der Waals surface area (Å²) in [6.07, 6.45) is 7.06. The van der Waals surface area contributed by atoms with Gasteiger partial charge in [-0.05, 0) is 56.4 Å². The Hall–Kier alpha value is -1.55. The summed E-state index contributed by atoms with van der Waals surface area (Å²) in [5.41, 5.74) is 0.926. The van der Waals surface area contributed by atoms with E-state index in [9.17, 15) is 4.79 Å². The average Bonchev–Trinajstić information content (AvgIpc) is 3.01. The number of carbonyl (C=O) groups is 1. The molecule has 2 aliphatic rings. The molecule has 24 heavy (non-hydrogen) atoms. The molecule has 1 heterocycles. The Kier molecular flexibility index (Phi) is 5.44. The van der Waals surface area contributed by atoms with Crippen LogP contribution >= 0.6 is 0 Å². The Morgan fingerprint density at radius 3 is 2.71 bits per heavy atom. The highest BCUT2D eigenvalue weighted by atomic mass is 16.5. The fraction of sp³-hybridized carbons (Fsp3) is 0.650. The van der Waals surface area contributed by atoms with E-state index in [-0.39, 0.29) is 11.3 Å². The van der Waals surface area contributed by atoms with Gasteiger partial charge in [0, 0.05) is 31.2 Å². The molecule has 1 aliphatic heterocycles. The first-order chi connectivity index (χ1) is 11.7. The number of amides is 1. The van der Waals surface area contributed by atoms with Crippen molar-refractivity contribution in [1.29, 1.82) is 0 Å². The molecule has 132 valence electrons. The molecular formula is C20H29NO3. The van der Waals surface area contributed by atoms with Crippen LogP contribution in [0.3, 0.4) is 0 Å². The molecule has 1 saturated carbocycles. The van der Waals surface area contributed by atoms with Crippen LogP contribution in [0.2, 0.25) is 0 Å². The number of rotatable bonds is 5. The molecule has 4 heteroatoms. The summed E-state index contributed by atoms with van der Waals surface area (Å²) < 4.78 is 11.3. The Balaban J connectivity index is 1.68. The van der Waals surface area contributed by atoms with Crippen LogP contribution in [0, 0.1) is 5.41 Å². The summed E-state index contributed by atoms with van der Waals surface area (Å²) in [7, 11) is 1.81. The topological polar surface area (TPSA) is 38.8 Å². The smallest absolute Gasteiger partial charge is 0.253 e. The lowest BCUT2D eigenvalue weighted by molar-refractivity contribution is -0.0295. The molecule has 1 aromatic carbocycles. The molecule has 3 rings (SSSR count). The van der Waals surface area contributed by atoms with Gasteiger partial charge in [-0.15, -0.1) is 0 Å². The molecule has 1 spiro atoms. The first-order valence-corrected chi connectivity index (χ1v) is 9.23. The summed E-state index contributed by atoms with van der Waals surface area (Å²) in [4.78, 5) is 14.9.